The molecule has 0 aliphatic rings. The minimum atomic E-state index is -0.444. The van der Waals surface area contributed by atoms with Gasteiger partial charge in [-0.1, -0.05) is 30.3 Å². The van der Waals surface area contributed by atoms with Crippen molar-refractivity contribution in [2.75, 3.05) is 27.4 Å². The number of amides is 1. The van der Waals surface area contributed by atoms with Gasteiger partial charge in [0.25, 0.3) is 0 Å². The van der Waals surface area contributed by atoms with Crippen molar-refractivity contribution in [2.45, 2.75) is 6.54 Å². The Morgan fingerprint density at radius 2 is 1.88 bits per heavy atom. The van der Waals surface area contributed by atoms with Gasteiger partial charge in [-0.25, -0.2) is 0 Å². The Hall–Kier alpha value is -1.39. The van der Waals surface area contributed by atoms with Crippen molar-refractivity contribution in [3.63, 3.8) is 0 Å². The molecule has 0 saturated carbocycles. The lowest BCUT2D eigenvalue weighted by molar-refractivity contribution is -0.136. The smallest absolute Gasteiger partial charge is 0.249 e. The van der Waals surface area contributed by atoms with Crippen LogP contribution in [0.25, 0.3) is 0 Å². The van der Waals surface area contributed by atoms with E-state index in [1.165, 1.54) is 0 Å². The summed E-state index contributed by atoms with van der Waals surface area (Å²) < 4.78 is 0. The fourth-order valence-corrected chi connectivity index (χ4v) is 1.46. The van der Waals surface area contributed by atoms with E-state index in [1.54, 1.807) is 4.90 Å². The minimum absolute atomic E-state index is 0.252. The summed E-state index contributed by atoms with van der Waals surface area (Å²) in [5.41, 5.74) is 1.06. The third-order valence-electron chi connectivity index (χ3n) is 2.16. The van der Waals surface area contributed by atoms with Gasteiger partial charge in [-0.05, 0) is 19.7 Å². The minimum Gasteiger partial charge on any atom is -0.387 e. The molecule has 0 spiro atoms. The van der Waals surface area contributed by atoms with E-state index in [4.69, 9.17) is 5.11 Å². The van der Waals surface area contributed by atoms with Gasteiger partial charge in [0.1, 0.15) is 6.61 Å². The first kappa shape index (κ1) is 12.7. The standard InChI is InChI=1S/C12H18N2O2/c1-13(2)10-14(12(16)9-15)8-11-6-4-3-5-7-11/h3-7,15H,8-10H2,1-2H3. The first-order valence-corrected chi connectivity index (χ1v) is 5.20. The molecule has 0 aliphatic carbocycles. The highest BCUT2D eigenvalue weighted by Gasteiger charge is 2.13. The molecule has 0 atom stereocenters. The van der Waals surface area contributed by atoms with Gasteiger partial charge >= 0.3 is 0 Å². The van der Waals surface area contributed by atoms with Crippen molar-refractivity contribution in [3.05, 3.63) is 35.9 Å². The summed E-state index contributed by atoms with van der Waals surface area (Å²) in [4.78, 5) is 15.0. The number of aliphatic hydroxyl groups excluding tert-OH is 1. The summed E-state index contributed by atoms with van der Waals surface area (Å²) in [7, 11) is 3.78. The van der Waals surface area contributed by atoms with Crippen LogP contribution < -0.4 is 0 Å². The fourth-order valence-electron chi connectivity index (χ4n) is 1.46. The topological polar surface area (TPSA) is 43.8 Å². The second kappa shape index (κ2) is 6.25. The van der Waals surface area contributed by atoms with Crippen molar-refractivity contribution < 1.29 is 9.90 Å². The average molecular weight is 222 g/mol. The molecule has 1 amide bonds. The highest BCUT2D eigenvalue weighted by atomic mass is 16.3. The lowest BCUT2D eigenvalue weighted by Gasteiger charge is -2.25. The Kier molecular flexibility index (Phi) is 4.95. The normalized spacial score (nSPS) is 10.5. The van der Waals surface area contributed by atoms with Crippen LogP contribution >= 0.6 is 0 Å². The van der Waals surface area contributed by atoms with E-state index in [0.29, 0.717) is 13.2 Å². The third kappa shape index (κ3) is 4.00. The summed E-state index contributed by atoms with van der Waals surface area (Å²) in [6.45, 7) is 0.591. The van der Waals surface area contributed by atoms with E-state index in [2.05, 4.69) is 0 Å². The maximum Gasteiger partial charge on any atom is 0.249 e. The maximum absolute atomic E-state index is 11.5. The van der Waals surface area contributed by atoms with E-state index in [0.717, 1.165) is 5.56 Å². The van der Waals surface area contributed by atoms with Crippen LogP contribution in [-0.2, 0) is 11.3 Å². The Balaban J connectivity index is 2.67. The second-order valence-electron chi connectivity index (χ2n) is 3.96. The molecule has 16 heavy (non-hydrogen) atoms. The molecule has 1 N–H and O–H groups in total. The zero-order chi connectivity index (χ0) is 12.0. The Bertz CT molecular complexity index is 325. The summed E-state index contributed by atoms with van der Waals surface area (Å²) >= 11 is 0. The van der Waals surface area contributed by atoms with Crippen molar-refractivity contribution >= 4 is 5.91 Å². The average Bonchev–Trinajstić information content (AvgIpc) is 2.28. The van der Waals surface area contributed by atoms with Crippen molar-refractivity contribution in [1.82, 2.24) is 9.80 Å². The molecule has 4 heteroatoms. The number of carbonyl (C=O) groups is 1. The molecular formula is C12H18N2O2. The molecule has 1 rings (SSSR count). The Morgan fingerprint density at radius 1 is 1.25 bits per heavy atom. The summed E-state index contributed by atoms with van der Waals surface area (Å²) in [5, 5.41) is 8.89. The molecule has 0 saturated heterocycles. The highest BCUT2D eigenvalue weighted by molar-refractivity contribution is 5.77. The second-order valence-corrected chi connectivity index (χ2v) is 3.96. The van der Waals surface area contributed by atoms with E-state index >= 15 is 0 Å². The van der Waals surface area contributed by atoms with E-state index in [1.807, 2.05) is 49.3 Å². The zero-order valence-electron chi connectivity index (χ0n) is 9.76. The molecule has 88 valence electrons. The molecule has 0 aromatic heterocycles. The molecule has 4 nitrogen and oxygen atoms in total. The predicted octanol–water partition coefficient (Wildman–Crippen LogP) is 0.527. The van der Waals surface area contributed by atoms with Crippen LogP contribution in [0.4, 0.5) is 0 Å². The quantitative estimate of drug-likeness (QED) is 0.739. The summed E-state index contributed by atoms with van der Waals surface area (Å²) in [6, 6.07) is 9.74. The van der Waals surface area contributed by atoms with Crippen LogP contribution in [-0.4, -0.2) is 48.2 Å². The van der Waals surface area contributed by atoms with Gasteiger partial charge in [0.2, 0.25) is 5.91 Å². The van der Waals surface area contributed by atoms with Gasteiger partial charge in [-0.3, -0.25) is 9.69 Å². The van der Waals surface area contributed by atoms with E-state index in [9.17, 15) is 4.79 Å². The van der Waals surface area contributed by atoms with Crippen LogP contribution in [0.15, 0.2) is 30.3 Å². The molecule has 1 aromatic carbocycles. The van der Waals surface area contributed by atoms with E-state index < -0.39 is 6.61 Å². The zero-order valence-corrected chi connectivity index (χ0v) is 9.76. The van der Waals surface area contributed by atoms with Crippen LogP contribution in [0.2, 0.25) is 0 Å². The van der Waals surface area contributed by atoms with Crippen LogP contribution in [0.5, 0.6) is 0 Å². The molecule has 0 radical (unpaired) electrons. The number of benzene rings is 1. The van der Waals surface area contributed by atoms with Gasteiger partial charge in [0, 0.05) is 6.54 Å². The number of nitrogens with zero attached hydrogens (tertiary/aromatic N) is 2. The SMILES string of the molecule is CN(C)CN(Cc1ccccc1)C(=O)CO. The van der Waals surface area contributed by atoms with E-state index in [-0.39, 0.29) is 5.91 Å². The number of carbonyl (C=O) groups excluding carboxylic acids is 1. The molecule has 0 heterocycles. The summed E-state index contributed by atoms with van der Waals surface area (Å²) in [5.74, 6) is -0.252. The lowest BCUT2D eigenvalue weighted by atomic mass is 10.2. The van der Waals surface area contributed by atoms with Crippen LogP contribution in [0.1, 0.15) is 5.56 Å². The molecule has 0 unspecified atom stereocenters. The van der Waals surface area contributed by atoms with Gasteiger partial charge < -0.3 is 10.0 Å². The maximum atomic E-state index is 11.5. The molecule has 0 bridgehead atoms. The molecular weight excluding hydrogens is 204 g/mol. The summed E-state index contributed by atoms with van der Waals surface area (Å²) in [6.07, 6.45) is 0. The fraction of sp³-hybridized carbons (Fsp3) is 0.417. The number of rotatable bonds is 5. The van der Waals surface area contributed by atoms with Gasteiger partial charge in [-0.15, -0.1) is 0 Å². The lowest BCUT2D eigenvalue weighted by Crippen LogP contribution is -2.39. The van der Waals surface area contributed by atoms with Crippen molar-refractivity contribution in [1.29, 1.82) is 0 Å². The van der Waals surface area contributed by atoms with Gasteiger partial charge in [-0.2, -0.15) is 0 Å². The number of hydrogen-bond donors (Lipinski definition) is 1. The van der Waals surface area contributed by atoms with Crippen molar-refractivity contribution in [3.8, 4) is 0 Å². The first-order chi connectivity index (χ1) is 7.63. The Labute approximate surface area is 96.1 Å². The van der Waals surface area contributed by atoms with Crippen molar-refractivity contribution in [2.24, 2.45) is 0 Å². The predicted molar refractivity (Wildman–Crippen MR) is 62.6 cm³/mol. The molecule has 0 fully saturated rings. The van der Waals surface area contributed by atoms with Gasteiger partial charge in [0.15, 0.2) is 0 Å². The third-order valence-corrected chi connectivity index (χ3v) is 2.16. The largest absolute Gasteiger partial charge is 0.387 e. The Morgan fingerprint density at radius 3 is 2.38 bits per heavy atom. The first-order valence-electron chi connectivity index (χ1n) is 5.20. The van der Waals surface area contributed by atoms with Crippen LogP contribution in [0.3, 0.4) is 0 Å². The van der Waals surface area contributed by atoms with Crippen LogP contribution in [0, 0.1) is 0 Å². The number of hydrogen-bond acceptors (Lipinski definition) is 3. The highest BCUT2D eigenvalue weighted by Crippen LogP contribution is 2.04. The molecule has 1 aromatic rings. The monoisotopic (exact) mass is 222 g/mol. The number of aliphatic hydroxyl groups is 1. The molecule has 0 aliphatic heterocycles. The van der Waals surface area contributed by atoms with Gasteiger partial charge in [0.05, 0.1) is 6.67 Å².